The van der Waals surface area contributed by atoms with Gasteiger partial charge < -0.3 is 10.2 Å². The molecule has 2 aromatic carbocycles. The summed E-state index contributed by atoms with van der Waals surface area (Å²) < 4.78 is 13.8. The molecule has 0 fully saturated rings. The summed E-state index contributed by atoms with van der Waals surface area (Å²) in [7, 11) is 0. The molecule has 0 aliphatic heterocycles. The van der Waals surface area contributed by atoms with E-state index in [4.69, 9.17) is 23.2 Å². The van der Waals surface area contributed by atoms with Crippen molar-refractivity contribution in [3.63, 3.8) is 0 Å². The predicted molar refractivity (Wildman–Crippen MR) is 122 cm³/mol. The minimum absolute atomic E-state index is 0.103. The Hall–Kier alpha value is -1.76. The molecule has 1 N–H and O–H groups in total. The molecule has 0 radical (unpaired) electrons. The molecule has 0 bridgehead atoms. The summed E-state index contributed by atoms with van der Waals surface area (Å²) in [6, 6.07) is 10.9. The Kier molecular flexibility index (Phi) is 9.95. The maximum atomic E-state index is 13.8. The largest absolute Gasteiger partial charge is 0.355 e. The van der Waals surface area contributed by atoms with Crippen LogP contribution in [-0.4, -0.2) is 35.1 Å². The number of thioether (sulfide) groups is 1. The van der Waals surface area contributed by atoms with Crippen LogP contribution in [0, 0.1) is 5.82 Å². The highest BCUT2D eigenvalue weighted by molar-refractivity contribution is 7.99. The molecule has 0 spiro atoms. The quantitative estimate of drug-likeness (QED) is 0.511. The maximum Gasteiger partial charge on any atom is 0.242 e. The van der Waals surface area contributed by atoms with Crippen LogP contribution < -0.4 is 5.32 Å². The molecule has 0 unspecified atom stereocenters. The molecule has 162 valence electrons. The van der Waals surface area contributed by atoms with Gasteiger partial charge in [-0.25, -0.2) is 4.39 Å². The van der Waals surface area contributed by atoms with Crippen molar-refractivity contribution in [2.45, 2.75) is 38.6 Å². The Morgan fingerprint density at radius 2 is 1.77 bits per heavy atom. The van der Waals surface area contributed by atoms with Gasteiger partial charge in [-0.15, -0.1) is 11.8 Å². The normalized spacial score (nSPS) is 11.8. The summed E-state index contributed by atoms with van der Waals surface area (Å²) >= 11 is 13.9. The number of hydrogen-bond donors (Lipinski definition) is 1. The van der Waals surface area contributed by atoms with E-state index in [1.165, 1.54) is 22.7 Å². The van der Waals surface area contributed by atoms with Gasteiger partial charge in [-0.05, 0) is 37.1 Å². The molecule has 2 amide bonds. The summed E-state index contributed by atoms with van der Waals surface area (Å²) in [5.74, 6) is -0.296. The van der Waals surface area contributed by atoms with Gasteiger partial charge in [0.25, 0.3) is 0 Å². The second kappa shape index (κ2) is 12.2. The smallest absolute Gasteiger partial charge is 0.242 e. The van der Waals surface area contributed by atoms with Gasteiger partial charge in [0.1, 0.15) is 11.9 Å². The lowest BCUT2D eigenvalue weighted by Crippen LogP contribution is -2.49. The van der Waals surface area contributed by atoms with E-state index in [1.807, 2.05) is 13.8 Å². The maximum absolute atomic E-state index is 13.8. The van der Waals surface area contributed by atoms with E-state index < -0.39 is 6.04 Å². The third-order valence-corrected chi connectivity index (χ3v) is 6.24. The van der Waals surface area contributed by atoms with E-state index in [-0.39, 0.29) is 29.9 Å². The number of carbonyl (C=O) groups excluding carboxylic acids is 2. The standard InChI is InChI=1S/C22H25Cl2FN2O2S/c1-3-20(22(29)26-4-2)27(12-16-17(23)9-7-10-18(16)24)21(28)14-30-13-15-8-5-6-11-19(15)25/h5-11,20H,3-4,12-14H2,1-2H3,(H,26,29)/t20-/m0/s1. The van der Waals surface area contributed by atoms with Crippen LogP contribution in [0.15, 0.2) is 42.5 Å². The monoisotopic (exact) mass is 470 g/mol. The molecule has 0 saturated carbocycles. The lowest BCUT2D eigenvalue weighted by atomic mass is 10.1. The van der Waals surface area contributed by atoms with E-state index in [9.17, 15) is 14.0 Å². The van der Waals surface area contributed by atoms with Gasteiger partial charge in [0.15, 0.2) is 0 Å². The Balaban J connectivity index is 2.19. The lowest BCUT2D eigenvalue weighted by molar-refractivity contribution is -0.139. The van der Waals surface area contributed by atoms with Crippen molar-refractivity contribution in [1.29, 1.82) is 0 Å². The minimum atomic E-state index is -0.654. The molecule has 2 rings (SSSR count). The average Bonchev–Trinajstić information content (AvgIpc) is 2.71. The Morgan fingerprint density at radius 1 is 1.10 bits per heavy atom. The molecule has 30 heavy (non-hydrogen) atoms. The highest BCUT2D eigenvalue weighted by Gasteiger charge is 2.29. The van der Waals surface area contributed by atoms with Crippen LogP contribution in [0.1, 0.15) is 31.4 Å². The van der Waals surface area contributed by atoms with Gasteiger partial charge in [-0.1, -0.05) is 54.4 Å². The first-order valence-corrected chi connectivity index (χ1v) is 11.6. The lowest BCUT2D eigenvalue weighted by Gasteiger charge is -2.31. The van der Waals surface area contributed by atoms with E-state index >= 15 is 0 Å². The van der Waals surface area contributed by atoms with Crippen LogP contribution in [-0.2, 0) is 21.9 Å². The van der Waals surface area contributed by atoms with Crippen molar-refractivity contribution >= 4 is 46.8 Å². The number of likely N-dealkylation sites (N-methyl/N-ethyl adjacent to an activating group) is 1. The van der Waals surface area contributed by atoms with Crippen LogP contribution in [0.2, 0.25) is 10.0 Å². The van der Waals surface area contributed by atoms with Crippen molar-refractivity contribution in [3.8, 4) is 0 Å². The molecule has 0 aliphatic rings. The first-order valence-electron chi connectivity index (χ1n) is 9.70. The molecular formula is C22H25Cl2FN2O2S. The molecule has 0 aromatic heterocycles. The molecule has 8 heteroatoms. The van der Waals surface area contributed by atoms with Crippen molar-refractivity contribution in [2.24, 2.45) is 0 Å². The number of nitrogens with one attached hydrogen (secondary N) is 1. The SMILES string of the molecule is CCNC(=O)[C@H](CC)N(Cc1c(Cl)cccc1Cl)C(=O)CSCc1ccccc1F. The Labute approximate surface area is 191 Å². The van der Waals surface area contributed by atoms with E-state index in [0.717, 1.165) is 0 Å². The number of nitrogens with zero attached hydrogens (tertiary/aromatic N) is 1. The van der Waals surface area contributed by atoms with E-state index in [2.05, 4.69) is 5.32 Å². The Bertz CT molecular complexity index is 862. The van der Waals surface area contributed by atoms with Gasteiger partial charge >= 0.3 is 0 Å². The number of amides is 2. The average molecular weight is 471 g/mol. The second-order valence-electron chi connectivity index (χ2n) is 6.62. The van der Waals surface area contributed by atoms with Crippen molar-refractivity contribution in [1.82, 2.24) is 10.2 Å². The first-order chi connectivity index (χ1) is 14.4. The molecule has 0 saturated heterocycles. The second-order valence-corrected chi connectivity index (χ2v) is 8.42. The van der Waals surface area contributed by atoms with Gasteiger partial charge in [0, 0.05) is 34.5 Å². The molecule has 0 heterocycles. The van der Waals surface area contributed by atoms with E-state index in [1.54, 1.807) is 36.4 Å². The third-order valence-electron chi connectivity index (χ3n) is 4.57. The molecular weight excluding hydrogens is 446 g/mol. The van der Waals surface area contributed by atoms with Crippen LogP contribution in [0.3, 0.4) is 0 Å². The number of halogens is 3. The zero-order valence-corrected chi connectivity index (χ0v) is 19.3. The summed E-state index contributed by atoms with van der Waals surface area (Å²) in [4.78, 5) is 27.2. The molecule has 1 atom stereocenters. The third kappa shape index (κ3) is 6.62. The van der Waals surface area contributed by atoms with Crippen LogP contribution in [0.5, 0.6) is 0 Å². The first kappa shape index (κ1) is 24.5. The number of hydrogen-bond acceptors (Lipinski definition) is 3. The summed E-state index contributed by atoms with van der Waals surface area (Å²) in [5, 5.41) is 3.65. The summed E-state index contributed by atoms with van der Waals surface area (Å²) in [6.07, 6.45) is 0.442. The number of benzene rings is 2. The fourth-order valence-electron chi connectivity index (χ4n) is 3.01. The zero-order valence-electron chi connectivity index (χ0n) is 17.0. The number of carbonyl (C=O) groups is 2. The highest BCUT2D eigenvalue weighted by atomic mass is 35.5. The Morgan fingerprint density at radius 3 is 2.37 bits per heavy atom. The number of rotatable bonds is 10. The summed E-state index contributed by atoms with van der Waals surface area (Å²) in [6.45, 7) is 4.26. The summed E-state index contributed by atoms with van der Waals surface area (Å²) in [5.41, 5.74) is 1.13. The van der Waals surface area contributed by atoms with Crippen molar-refractivity contribution in [2.75, 3.05) is 12.3 Å². The van der Waals surface area contributed by atoms with Gasteiger partial charge in [-0.3, -0.25) is 9.59 Å². The van der Waals surface area contributed by atoms with Crippen LogP contribution in [0.4, 0.5) is 4.39 Å². The fraction of sp³-hybridized carbons (Fsp3) is 0.364. The van der Waals surface area contributed by atoms with Gasteiger partial charge in [0.05, 0.1) is 5.75 Å². The fourth-order valence-corrected chi connectivity index (χ4v) is 4.43. The highest BCUT2D eigenvalue weighted by Crippen LogP contribution is 2.27. The predicted octanol–water partition coefficient (Wildman–Crippen LogP) is 5.31. The molecule has 4 nitrogen and oxygen atoms in total. The van der Waals surface area contributed by atoms with Gasteiger partial charge in [-0.2, -0.15) is 0 Å². The molecule has 0 aliphatic carbocycles. The van der Waals surface area contributed by atoms with Gasteiger partial charge in [0.2, 0.25) is 11.8 Å². The van der Waals surface area contributed by atoms with Crippen LogP contribution in [0.25, 0.3) is 0 Å². The van der Waals surface area contributed by atoms with Crippen molar-refractivity contribution in [3.05, 3.63) is 69.5 Å². The zero-order chi connectivity index (χ0) is 22.1. The molecule has 2 aromatic rings. The van der Waals surface area contributed by atoms with Crippen molar-refractivity contribution < 1.29 is 14.0 Å². The van der Waals surface area contributed by atoms with E-state index in [0.29, 0.717) is 39.9 Å². The topological polar surface area (TPSA) is 49.4 Å². The minimum Gasteiger partial charge on any atom is -0.355 e. The van der Waals surface area contributed by atoms with Crippen LogP contribution >= 0.6 is 35.0 Å².